The van der Waals surface area contributed by atoms with Gasteiger partial charge in [-0.15, -0.1) is 0 Å². The maximum absolute atomic E-state index is 10.8. The van der Waals surface area contributed by atoms with E-state index in [1.807, 2.05) is 21.1 Å². The van der Waals surface area contributed by atoms with Crippen molar-refractivity contribution in [3.05, 3.63) is 33.9 Å². The van der Waals surface area contributed by atoms with Gasteiger partial charge >= 0.3 is 21.6 Å². The molecule has 0 fully saturated rings. The van der Waals surface area contributed by atoms with Crippen LogP contribution < -0.4 is 4.48 Å². The quantitative estimate of drug-likeness (QED) is 0.271. The van der Waals surface area contributed by atoms with Crippen molar-refractivity contribution in [1.82, 2.24) is 4.48 Å². The first-order valence-electron chi connectivity index (χ1n) is 5.86. The molecule has 0 aliphatic carbocycles. The van der Waals surface area contributed by atoms with E-state index < -0.39 is 26.5 Å². The Labute approximate surface area is 134 Å². The molecule has 0 saturated heterocycles. The molecule has 1 rings (SSSR count). The fourth-order valence-electron chi connectivity index (χ4n) is 1.27. The molecule has 0 aliphatic heterocycles. The first-order valence-corrected chi connectivity index (χ1v) is 7.30. The molecule has 24 heavy (non-hydrogen) atoms. The van der Waals surface area contributed by atoms with E-state index in [0.717, 1.165) is 0 Å². The highest BCUT2D eigenvalue weighted by Gasteiger charge is 2.44. The lowest BCUT2D eigenvalue weighted by Crippen LogP contribution is -2.34. The third-order valence-electron chi connectivity index (χ3n) is 2.48. The van der Waals surface area contributed by atoms with Gasteiger partial charge in [0.2, 0.25) is 0 Å². The number of alkyl halides is 3. The number of carbonyl (C=O) groups is 1. The van der Waals surface area contributed by atoms with Gasteiger partial charge in [0.05, 0.1) is 32.1 Å². The fraction of sp³-hybridized carbons (Fsp3) is 0.364. The van der Waals surface area contributed by atoms with Crippen molar-refractivity contribution < 1.29 is 41.0 Å². The van der Waals surface area contributed by atoms with Crippen molar-refractivity contribution in [3.63, 3.8) is 0 Å². The molecule has 0 atom stereocenters. The number of carboxylic acids is 1. The number of hydrogen-bond acceptors (Lipinski definition) is 5. The van der Waals surface area contributed by atoms with E-state index in [4.69, 9.17) is 18.1 Å². The zero-order valence-corrected chi connectivity index (χ0v) is 13.4. The molecule has 2 N–H and O–H groups in total. The average Bonchev–Trinajstić information content (AvgIpc) is 2.35. The molecule has 1 aromatic carbocycles. The van der Waals surface area contributed by atoms with E-state index in [1.165, 1.54) is 12.1 Å². The molecule has 0 radical (unpaired) electrons. The van der Waals surface area contributed by atoms with E-state index in [-0.39, 0.29) is 11.3 Å². The summed E-state index contributed by atoms with van der Waals surface area (Å²) in [4.78, 5) is 20.8. The molecule has 9 nitrogen and oxygen atoms in total. The molecule has 0 aromatic heterocycles. The summed E-state index contributed by atoms with van der Waals surface area (Å²) in [5.41, 5.74) is -5.52. The van der Waals surface area contributed by atoms with E-state index in [1.54, 1.807) is 6.07 Å². The standard InChI is InChI=1S/C10H12N2O4.CHF3O3S/c1-12(2,3)7-4-5-8(10(13)14)9(6-7)11(15)16;2-1(3,4)8(5,6)7/h4-6H,1-3H3;(H,5,6,7)/p+1. The van der Waals surface area contributed by atoms with Crippen molar-refractivity contribution >= 4 is 27.5 Å². The van der Waals surface area contributed by atoms with Crippen molar-refractivity contribution in [2.24, 2.45) is 0 Å². The topological polar surface area (TPSA) is 135 Å². The third kappa shape index (κ3) is 6.10. The Morgan fingerprint density at radius 3 is 1.92 bits per heavy atom. The summed E-state index contributed by atoms with van der Waals surface area (Å²) in [5, 5.41) is 19.5. The Bertz CT molecular complexity index is 739. The maximum atomic E-state index is 10.8. The molecule has 0 saturated carbocycles. The van der Waals surface area contributed by atoms with Crippen LogP contribution in [-0.2, 0) is 10.1 Å². The molecule has 0 heterocycles. The predicted octanol–water partition coefficient (Wildman–Crippen LogP) is 1.88. The van der Waals surface area contributed by atoms with Crippen LogP contribution in [0.5, 0.6) is 0 Å². The van der Waals surface area contributed by atoms with Crippen LogP contribution in [0.1, 0.15) is 10.4 Å². The number of rotatable bonds is 3. The normalized spacial score (nSPS) is 12.1. The number of quaternary nitrogens is 1. The number of carboxylic acid groups (broad SMARTS) is 1. The Hall–Kier alpha value is -2.25. The Kier molecular flexibility index (Phi) is 6.44. The molecule has 0 aliphatic rings. The summed E-state index contributed by atoms with van der Waals surface area (Å²) < 4.78 is 57.9. The van der Waals surface area contributed by atoms with Crippen molar-refractivity contribution in [2.45, 2.75) is 5.51 Å². The zero-order chi connectivity index (χ0) is 19.5. The largest absolute Gasteiger partial charge is 0.522 e. The summed E-state index contributed by atoms with van der Waals surface area (Å²) in [5.74, 6) is -1.29. The second kappa shape index (κ2) is 7.11. The van der Waals surface area contributed by atoms with Crippen LogP contribution in [0.3, 0.4) is 0 Å². The second-order valence-electron chi connectivity index (χ2n) is 5.20. The molecular weight excluding hydrogens is 361 g/mol. The Morgan fingerprint density at radius 2 is 1.67 bits per heavy atom. The lowest BCUT2D eigenvalue weighted by Gasteiger charge is -2.23. The van der Waals surface area contributed by atoms with E-state index in [0.29, 0.717) is 10.2 Å². The van der Waals surface area contributed by atoms with Gasteiger partial charge in [0.15, 0.2) is 0 Å². The van der Waals surface area contributed by atoms with Gasteiger partial charge in [0.1, 0.15) is 11.3 Å². The lowest BCUT2D eigenvalue weighted by molar-refractivity contribution is -0.385. The van der Waals surface area contributed by atoms with Gasteiger partial charge in [-0.25, -0.2) is 4.79 Å². The van der Waals surface area contributed by atoms with Gasteiger partial charge in [-0.05, 0) is 6.07 Å². The van der Waals surface area contributed by atoms with Gasteiger partial charge in [-0.3, -0.25) is 19.2 Å². The Morgan fingerprint density at radius 1 is 1.25 bits per heavy atom. The molecule has 0 unspecified atom stereocenters. The molecule has 1 aromatic rings. The van der Waals surface area contributed by atoms with E-state index in [2.05, 4.69) is 0 Å². The summed E-state index contributed by atoms with van der Waals surface area (Å²) in [6.45, 7) is 0. The van der Waals surface area contributed by atoms with Crippen LogP contribution in [0.2, 0.25) is 0 Å². The number of nitro benzene ring substituents is 1. The van der Waals surface area contributed by atoms with Crippen LogP contribution in [0.25, 0.3) is 0 Å². The van der Waals surface area contributed by atoms with Crippen LogP contribution in [0.15, 0.2) is 18.2 Å². The number of nitro groups is 1. The monoisotopic (exact) mass is 375 g/mol. The van der Waals surface area contributed by atoms with Crippen molar-refractivity contribution in [3.8, 4) is 0 Å². The smallest absolute Gasteiger partial charge is 0.477 e. The van der Waals surface area contributed by atoms with Crippen LogP contribution in [0.4, 0.5) is 24.5 Å². The minimum Gasteiger partial charge on any atom is -0.477 e. The predicted molar refractivity (Wildman–Crippen MR) is 77.2 cm³/mol. The SMILES string of the molecule is C[N+](C)(C)c1ccc(C(=O)O)c([N+](=O)[O-])c1.O=S(=O)(O)C(F)(F)F. The number of aromatic carboxylic acids is 1. The summed E-state index contributed by atoms with van der Waals surface area (Å²) in [6.07, 6.45) is 0. The first kappa shape index (κ1) is 21.8. The summed E-state index contributed by atoms with van der Waals surface area (Å²) in [7, 11) is -0.300. The fourth-order valence-corrected chi connectivity index (χ4v) is 1.27. The van der Waals surface area contributed by atoms with Crippen LogP contribution in [-0.4, -0.2) is 55.6 Å². The number of halogens is 3. The second-order valence-corrected chi connectivity index (χ2v) is 6.61. The van der Waals surface area contributed by atoms with Crippen molar-refractivity contribution in [1.29, 1.82) is 0 Å². The van der Waals surface area contributed by atoms with Gasteiger partial charge in [-0.2, -0.15) is 21.6 Å². The average molecular weight is 375 g/mol. The highest BCUT2D eigenvalue weighted by Crippen LogP contribution is 2.26. The highest BCUT2D eigenvalue weighted by atomic mass is 32.2. The van der Waals surface area contributed by atoms with Crippen LogP contribution in [0, 0.1) is 10.1 Å². The maximum Gasteiger partial charge on any atom is 0.522 e. The Balaban J connectivity index is 0.000000561. The molecule has 136 valence electrons. The van der Waals surface area contributed by atoms with Crippen molar-refractivity contribution in [2.75, 3.05) is 21.1 Å². The number of benzene rings is 1. The molecule has 0 bridgehead atoms. The first-order chi connectivity index (χ1) is 10.5. The van der Waals surface area contributed by atoms with Gasteiger partial charge in [-0.1, -0.05) is 0 Å². The minimum atomic E-state index is -5.84. The van der Waals surface area contributed by atoms with Gasteiger partial charge in [0.25, 0.3) is 5.69 Å². The van der Waals surface area contributed by atoms with Gasteiger partial charge in [0, 0.05) is 6.07 Å². The molecule has 0 amide bonds. The van der Waals surface area contributed by atoms with E-state index >= 15 is 0 Å². The third-order valence-corrected chi connectivity index (χ3v) is 3.06. The lowest BCUT2D eigenvalue weighted by atomic mass is 10.1. The summed E-state index contributed by atoms with van der Waals surface area (Å²) in [6, 6.07) is 4.14. The minimum absolute atomic E-state index is 0.290. The number of hydrogen-bond donors (Lipinski definition) is 2. The number of nitrogens with zero attached hydrogens (tertiary/aromatic N) is 2. The molecule has 13 heteroatoms. The van der Waals surface area contributed by atoms with E-state index in [9.17, 15) is 28.1 Å². The van der Waals surface area contributed by atoms with Gasteiger partial charge < -0.3 is 5.11 Å². The molecular formula is C11H14F3N2O7S+. The highest BCUT2D eigenvalue weighted by molar-refractivity contribution is 7.86. The molecule has 0 spiro atoms. The summed E-state index contributed by atoms with van der Waals surface area (Å²) >= 11 is 0. The zero-order valence-electron chi connectivity index (χ0n) is 12.6. The van der Waals surface area contributed by atoms with Crippen LogP contribution >= 0.6 is 0 Å².